The molecule has 0 aliphatic rings. The maximum Gasteiger partial charge on any atom is 0.163 e. The second-order valence-corrected chi connectivity index (χ2v) is 11.0. The summed E-state index contributed by atoms with van der Waals surface area (Å²) in [5.74, 6) is 0. The van der Waals surface area contributed by atoms with E-state index in [2.05, 4.69) is 76.0 Å². The van der Waals surface area contributed by atoms with Crippen molar-refractivity contribution in [2.45, 2.75) is 0 Å². The smallest absolute Gasteiger partial charge is 0.163 e. The average molecular weight is 541 g/mol. The van der Waals surface area contributed by atoms with Crippen molar-refractivity contribution < 1.29 is 4.63 Å². The van der Waals surface area contributed by atoms with Crippen molar-refractivity contribution in [3.8, 4) is 41.9 Å². The van der Waals surface area contributed by atoms with E-state index in [4.69, 9.17) is 9.61 Å². The van der Waals surface area contributed by atoms with E-state index in [1.165, 1.54) is 20.9 Å². The van der Waals surface area contributed by atoms with Gasteiger partial charge in [-0.15, -0.1) is 22.7 Å². The summed E-state index contributed by atoms with van der Waals surface area (Å²) >= 11 is 3.39. The molecule has 39 heavy (non-hydrogen) atoms. The molecule has 5 heterocycles. The van der Waals surface area contributed by atoms with E-state index in [0.717, 1.165) is 32.3 Å². The predicted molar refractivity (Wildman–Crippen MR) is 160 cm³/mol. The minimum atomic E-state index is 0.655. The van der Waals surface area contributed by atoms with Gasteiger partial charge in [0.15, 0.2) is 5.52 Å². The van der Waals surface area contributed by atoms with Gasteiger partial charge in [-0.2, -0.15) is 0 Å². The number of thiophene rings is 2. The minimum Gasteiger partial charge on any atom is -0.265 e. The van der Waals surface area contributed by atoms with Crippen molar-refractivity contribution >= 4 is 45.9 Å². The number of pyridine rings is 2. The topological polar surface area (TPSA) is 64.7 Å². The average Bonchev–Trinajstić information content (AvgIpc) is 3.78. The van der Waals surface area contributed by atoms with Crippen LogP contribution in [0.4, 0.5) is 0 Å². The van der Waals surface area contributed by atoms with Gasteiger partial charge in [0.2, 0.25) is 0 Å². The molecule has 2 aromatic carbocycles. The highest BCUT2D eigenvalue weighted by atomic mass is 32.1. The zero-order valence-electron chi connectivity index (χ0n) is 20.6. The Morgan fingerprint density at radius 3 is 1.85 bits per heavy atom. The molecule has 0 fully saturated rings. The largest absolute Gasteiger partial charge is 0.265 e. The Morgan fingerprint density at radius 1 is 0.564 bits per heavy atom. The number of hydrogen-bond donors (Lipinski definition) is 0. The van der Waals surface area contributed by atoms with E-state index < -0.39 is 0 Å². The molecule has 0 atom stereocenters. The Kier molecular flexibility index (Phi) is 6.13. The van der Waals surface area contributed by atoms with E-state index in [1.807, 2.05) is 48.6 Å². The molecule has 0 saturated heterocycles. The van der Waals surface area contributed by atoms with Crippen LogP contribution in [-0.2, 0) is 0 Å². The highest BCUT2D eigenvalue weighted by Crippen LogP contribution is 2.43. The molecule has 0 aliphatic heterocycles. The van der Waals surface area contributed by atoms with E-state index in [1.54, 1.807) is 35.1 Å². The van der Waals surface area contributed by atoms with Crippen LogP contribution in [0.2, 0.25) is 0 Å². The van der Waals surface area contributed by atoms with Crippen molar-refractivity contribution in [2.75, 3.05) is 0 Å². The van der Waals surface area contributed by atoms with Crippen LogP contribution in [-0.4, -0.2) is 20.3 Å². The molecule has 0 bridgehead atoms. The number of hydrogen-bond acceptors (Lipinski definition) is 7. The van der Waals surface area contributed by atoms with E-state index >= 15 is 0 Å². The van der Waals surface area contributed by atoms with Crippen LogP contribution >= 0.6 is 22.7 Å². The van der Waals surface area contributed by atoms with Gasteiger partial charge in [0, 0.05) is 32.6 Å². The Labute approximate surface area is 232 Å². The molecule has 5 nitrogen and oxygen atoms in total. The lowest BCUT2D eigenvalue weighted by Gasteiger charge is -2.07. The molecule has 0 unspecified atom stereocenters. The third-order valence-electron chi connectivity index (χ3n) is 6.39. The number of nitrogens with zero attached hydrogens (tertiary/aromatic N) is 4. The first-order valence-electron chi connectivity index (χ1n) is 12.4. The summed E-state index contributed by atoms with van der Waals surface area (Å²) in [6.07, 6.45) is 7.65. The molecule has 5 aromatic heterocycles. The normalized spacial score (nSPS) is 11.5. The van der Waals surface area contributed by atoms with Crippen LogP contribution in [0, 0.1) is 0 Å². The fourth-order valence-corrected chi connectivity index (χ4v) is 6.56. The van der Waals surface area contributed by atoms with Gasteiger partial charge in [0.1, 0.15) is 11.2 Å². The van der Waals surface area contributed by atoms with Gasteiger partial charge in [-0.1, -0.05) is 66.7 Å². The Morgan fingerprint density at radius 2 is 1.15 bits per heavy atom. The standard InChI is InChI=1S/C32H20N4OS2/c1-3-7-22(8-4-1)25-13-15-27(38-25)29-24(12-11-21-17-19-33-20-18-21)34-30(32-31(29)35-37-36-32)28-16-14-26(39-28)23-9-5-2-6-10-23/h1-20H/b12-11+. The quantitative estimate of drug-likeness (QED) is 0.211. The first-order valence-corrected chi connectivity index (χ1v) is 14.0. The van der Waals surface area contributed by atoms with Crippen molar-refractivity contribution in [1.29, 1.82) is 0 Å². The van der Waals surface area contributed by atoms with Crippen molar-refractivity contribution in [1.82, 2.24) is 20.3 Å². The first-order chi connectivity index (χ1) is 19.3. The third kappa shape index (κ3) is 4.58. The predicted octanol–water partition coefficient (Wildman–Crippen LogP) is 8.97. The Bertz CT molecular complexity index is 1910. The minimum absolute atomic E-state index is 0.655. The highest BCUT2D eigenvalue weighted by molar-refractivity contribution is 7.19. The van der Waals surface area contributed by atoms with E-state index in [0.29, 0.717) is 11.0 Å². The zero-order chi connectivity index (χ0) is 26.0. The summed E-state index contributed by atoms with van der Waals surface area (Å²) in [6.45, 7) is 0. The van der Waals surface area contributed by atoms with E-state index in [-0.39, 0.29) is 0 Å². The van der Waals surface area contributed by atoms with Gasteiger partial charge in [0.25, 0.3) is 0 Å². The van der Waals surface area contributed by atoms with Gasteiger partial charge in [-0.25, -0.2) is 9.61 Å². The molecule has 0 amide bonds. The first kappa shape index (κ1) is 23.4. The van der Waals surface area contributed by atoms with Crippen LogP contribution in [0.5, 0.6) is 0 Å². The van der Waals surface area contributed by atoms with Crippen LogP contribution in [0.25, 0.3) is 65.1 Å². The molecular weight excluding hydrogens is 521 g/mol. The van der Waals surface area contributed by atoms with Gasteiger partial charge in [0.05, 0.1) is 10.6 Å². The van der Waals surface area contributed by atoms with Crippen LogP contribution in [0.3, 0.4) is 0 Å². The second kappa shape index (κ2) is 10.2. The van der Waals surface area contributed by atoms with Gasteiger partial charge in [-0.05, 0) is 69.5 Å². The van der Waals surface area contributed by atoms with Gasteiger partial charge < -0.3 is 0 Å². The maximum atomic E-state index is 5.33. The monoisotopic (exact) mass is 540 g/mol. The molecule has 0 N–H and O–H groups in total. The SMILES string of the molecule is C(=C\c1nc(-c2ccc(-c3ccccc3)s2)c2nonc2c1-c1ccc(-c2ccccc2)s1)/c1ccncc1. The summed E-state index contributed by atoms with van der Waals surface area (Å²) in [6, 6.07) is 33.2. The molecule has 186 valence electrons. The molecule has 7 rings (SSSR count). The molecule has 7 aromatic rings. The number of fused-ring (bicyclic) bond motifs is 1. The lowest BCUT2D eigenvalue weighted by molar-refractivity contribution is 0.315. The second-order valence-electron chi connectivity index (χ2n) is 8.86. The fourth-order valence-electron chi connectivity index (χ4n) is 4.50. The molecule has 0 radical (unpaired) electrons. The number of aromatic nitrogens is 4. The summed E-state index contributed by atoms with van der Waals surface area (Å²) in [7, 11) is 0. The molecule has 0 aliphatic carbocycles. The third-order valence-corrected chi connectivity index (χ3v) is 8.68. The van der Waals surface area contributed by atoms with Crippen LogP contribution < -0.4 is 0 Å². The van der Waals surface area contributed by atoms with Gasteiger partial charge in [-0.3, -0.25) is 4.98 Å². The highest BCUT2D eigenvalue weighted by Gasteiger charge is 2.22. The number of benzene rings is 2. The van der Waals surface area contributed by atoms with Crippen molar-refractivity contribution in [3.63, 3.8) is 0 Å². The fraction of sp³-hybridized carbons (Fsp3) is 0. The molecule has 7 heteroatoms. The maximum absolute atomic E-state index is 5.33. The van der Waals surface area contributed by atoms with Crippen molar-refractivity contribution in [2.24, 2.45) is 0 Å². The molecule has 0 spiro atoms. The molecule has 0 saturated carbocycles. The Hall–Kier alpha value is -4.72. The molecular formula is C32H20N4OS2. The summed E-state index contributed by atoms with van der Waals surface area (Å²) in [5.41, 5.74) is 7.22. The lowest BCUT2D eigenvalue weighted by atomic mass is 10.1. The number of rotatable bonds is 6. The summed E-state index contributed by atoms with van der Waals surface area (Å²) < 4.78 is 5.33. The van der Waals surface area contributed by atoms with Crippen LogP contribution in [0.1, 0.15) is 11.3 Å². The Balaban J connectivity index is 1.40. The van der Waals surface area contributed by atoms with Crippen LogP contribution in [0.15, 0.2) is 114 Å². The summed E-state index contributed by atoms with van der Waals surface area (Å²) in [4.78, 5) is 13.7. The van der Waals surface area contributed by atoms with Gasteiger partial charge >= 0.3 is 0 Å². The summed E-state index contributed by atoms with van der Waals surface area (Å²) in [5, 5.41) is 8.70. The van der Waals surface area contributed by atoms with Crippen molar-refractivity contribution in [3.05, 3.63) is 121 Å². The zero-order valence-corrected chi connectivity index (χ0v) is 22.2. The van der Waals surface area contributed by atoms with E-state index in [9.17, 15) is 0 Å². The lowest BCUT2D eigenvalue weighted by Crippen LogP contribution is -1.93.